The van der Waals surface area contributed by atoms with Gasteiger partial charge in [-0.2, -0.15) is 0 Å². The first kappa shape index (κ1) is 13.6. The molecule has 0 fully saturated rings. The Hall–Kier alpha value is -2.40. The quantitative estimate of drug-likeness (QED) is 0.907. The second kappa shape index (κ2) is 5.54. The van der Waals surface area contributed by atoms with E-state index >= 15 is 0 Å². The van der Waals surface area contributed by atoms with Crippen molar-refractivity contribution in [3.8, 4) is 23.0 Å². The molecule has 2 aromatic rings. The largest absolute Gasteiger partial charge is 0.504 e. The maximum atomic E-state index is 9.67. The van der Waals surface area contributed by atoms with E-state index in [1.54, 1.807) is 18.2 Å². The summed E-state index contributed by atoms with van der Waals surface area (Å²) < 4.78 is 16.8. The molecule has 2 aromatic carbocycles. The lowest BCUT2D eigenvalue weighted by Crippen LogP contribution is -2.36. The number of fused-ring (bicyclic) bond motifs is 1. The van der Waals surface area contributed by atoms with E-state index < -0.39 is 12.2 Å². The van der Waals surface area contributed by atoms with Gasteiger partial charge in [-0.25, -0.2) is 0 Å². The van der Waals surface area contributed by atoms with Crippen LogP contribution in [0.1, 0.15) is 11.7 Å². The highest BCUT2D eigenvalue weighted by Gasteiger charge is 2.32. The second-order valence-corrected chi connectivity index (χ2v) is 4.76. The van der Waals surface area contributed by atoms with Crippen LogP contribution in [-0.4, -0.2) is 30.0 Å². The molecule has 3 rings (SSSR count). The van der Waals surface area contributed by atoms with Crippen molar-refractivity contribution < 1.29 is 24.4 Å². The zero-order valence-electron chi connectivity index (χ0n) is 11.5. The predicted molar refractivity (Wildman–Crippen MR) is 76.0 cm³/mol. The maximum Gasteiger partial charge on any atom is 0.163 e. The summed E-state index contributed by atoms with van der Waals surface area (Å²) >= 11 is 0. The molecule has 1 heterocycles. The van der Waals surface area contributed by atoms with Crippen LogP contribution >= 0.6 is 0 Å². The third kappa shape index (κ3) is 2.48. The Morgan fingerprint density at radius 1 is 1.10 bits per heavy atom. The fourth-order valence-electron chi connectivity index (χ4n) is 2.37. The predicted octanol–water partition coefficient (Wildman–Crippen LogP) is 2.27. The van der Waals surface area contributed by atoms with Gasteiger partial charge in [0.15, 0.2) is 35.2 Å². The van der Waals surface area contributed by atoms with E-state index in [0.717, 1.165) is 5.56 Å². The molecular formula is C16H16O5. The molecule has 0 radical (unpaired) electrons. The standard InChI is InChI=1S/C16H16O5/c1-19-14-8-10(6-7-11(14)18)16-15(9-17)20-12-4-2-3-5-13(12)21-16/h2-8,15-18H,9H2,1H3. The molecule has 0 saturated heterocycles. The molecule has 1 aliphatic heterocycles. The van der Waals surface area contributed by atoms with Crippen molar-refractivity contribution in [1.82, 2.24) is 0 Å². The van der Waals surface area contributed by atoms with Gasteiger partial charge in [-0.1, -0.05) is 18.2 Å². The summed E-state index contributed by atoms with van der Waals surface area (Å²) in [5.41, 5.74) is 0.762. The SMILES string of the molecule is COc1cc(C2Oc3ccccc3OC2CO)ccc1O. The fourth-order valence-corrected chi connectivity index (χ4v) is 2.37. The van der Waals surface area contributed by atoms with E-state index in [1.807, 2.05) is 18.2 Å². The smallest absolute Gasteiger partial charge is 0.163 e. The summed E-state index contributed by atoms with van der Waals surface area (Å²) in [5, 5.41) is 19.2. The lowest BCUT2D eigenvalue weighted by molar-refractivity contribution is -0.0124. The van der Waals surface area contributed by atoms with Gasteiger partial charge in [0.05, 0.1) is 13.7 Å². The number of aliphatic hydroxyl groups is 1. The van der Waals surface area contributed by atoms with Crippen LogP contribution in [0.4, 0.5) is 0 Å². The molecular weight excluding hydrogens is 272 g/mol. The summed E-state index contributed by atoms with van der Waals surface area (Å²) in [7, 11) is 1.48. The molecule has 0 spiro atoms. The molecule has 110 valence electrons. The van der Waals surface area contributed by atoms with E-state index in [2.05, 4.69) is 0 Å². The Labute approximate surface area is 122 Å². The van der Waals surface area contributed by atoms with Gasteiger partial charge >= 0.3 is 0 Å². The summed E-state index contributed by atoms with van der Waals surface area (Å²) in [6.07, 6.45) is -0.992. The lowest BCUT2D eigenvalue weighted by atomic mass is 10.0. The van der Waals surface area contributed by atoms with Crippen LogP contribution in [-0.2, 0) is 0 Å². The van der Waals surface area contributed by atoms with Gasteiger partial charge in [0.2, 0.25) is 0 Å². The van der Waals surface area contributed by atoms with E-state index in [0.29, 0.717) is 17.2 Å². The topological polar surface area (TPSA) is 68.2 Å². The second-order valence-electron chi connectivity index (χ2n) is 4.76. The zero-order valence-corrected chi connectivity index (χ0v) is 11.5. The minimum absolute atomic E-state index is 0.0546. The Balaban J connectivity index is 1.97. The summed E-state index contributed by atoms with van der Waals surface area (Å²) in [4.78, 5) is 0. The van der Waals surface area contributed by atoms with Crippen molar-refractivity contribution >= 4 is 0 Å². The van der Waals surface area contributed by atoms with Crippen LogP contribution in [0.2, 0.25) is 0 Å². The van der Waals surface area contributed by atoms with Crippen LogP contribution in [0.15, 0.2) is 42.5 Å². The third-order valence-corrected chi connectivity index (χ3v) is 3.43. The van der Waals surface area contributed by atoms with Crippen LogP contribution in [0, 0.1) is 0 Å². The highest BCUT2D eigenvalue weighted by molar-refractivity contribution is 5.45. The van der Waals surface area contributed by atoms with E-state index in [4.69, 9.17) is 14.2 Å². The fraction of sp³-hybridized carbons (Fsp3) is 0.250. The number of hydrogen-bond donors (Lipinski definition) is 2. The van der Waals surface area contributed by atoms with Gasteiger partial charge in [0, 0.05) is 5.56 Å². The van der Waals surface area contributed by atoms with Gasteiger partial charge in [-0.05, 0) is 24.3 Å². The number of para-hydroxylation sites is 2. The normalized spacial score (nSPS) is 20.1. The summed E-state index contributed by atoms with van der Waals surface area (Å²) in [6, 6.07) is 12.3. The number of methoxy groups -OCH3 is 1. The highest BCUT2D eigenvalue weighted by Crippen LogP contribution is 2.40. The first-order chi connectivity index (χ1) is 10.2. The van der Waals surface area contributed by atoms with Crippen molar-refractivity contribution in [3.63, 3.8) is 0 Å². The van der Waals surface area contributed by atoms with Crippen molar-refractivity contribution in [2.24, 2.45) is 0 Å². The number of aliphatic hydroxyl groups excluding tert-OH is 1. The van der Waals surface area contributed by atoms with Gasteiger partial charge in [-0.3, -0.25) is 0 Å². The molecule has 2 unspecified atom stereocenters. The van der Waals surface area contributed by atoms with Crippen molar-refractivity contribution in [3.05, 3.63) is 48.0 Å². The minimum Gasteiger partial charge on any atom is -0.504 e. The molecule has 0 aromatic heterocycles. The molecule has 2 atom stereocenters. The molecule has 0 amide bonds. The van der Waals surface area contributed by atoms with Gasteiger partial charge < -0.3 is 24.4 Å². The average molecular weight is 288 g/mol. The van der Waals surface area contributed by atoms with Gasteiger partial charge in [-0.15, -0.1) is 0 Å². The molecule has 0 bridgehead atoms. The summed E-state index contributed by atoms with van der Waals surface area (Å²) in [5.74, 6) is 1.64. The summed E-state index contributed by atoms with van der Waals surface area (Å²) in [6.45, 7) is -0.178. The zero-order chi connectivity index (χ0) is 14.8. The molecule has 0 saturated carbocycles. The number of aromatic hydroxyl groups is 1. The first-order valence-electron chi connectivity index (χ1n) is 6.63. The van der Waals surface area contributed by atoms with Crippen LogP contribution in [0.25, 0.3) is 0 Å². The molecule has 0 aliphatic carbocycles. The van der Waals surface area contributed by atoms with Gasteiger partial charge in [0.25, 0.3) is 0 Å². The van der Waals surface area contributed by atoms with Crippen LogP contribution in [0.5, 0.6) is 23.0 Å². The Morgan fingerprint density at radius 2 is 1.81 bits per heavy atom. The van der Waals surface area contributed by atoms with Crippen molar-refractivity contribution in [1.29, 1.82) is 0 Å². The van der Waals surface area contributed by atoms with E-state index in [1.165, 1.54) is 13.2 Å². The average Bonchev–Trinajstić information content (AvgIpc) is 2.54. The number of rotatable bonds is 3. The Kier molecular flexibility index (Phi) is 3.58. The Morgan fingerprint density at radius 3 is 2.48 bits per heavy atom. The monoisotopic (exact) mass is 288 g/mol. The Bertz CT molecular complexity index is 640. The number of hydrogen-bond acceptors (Lipinski definition) is 5. The van der Waals surface area contributed by atoms with Crippen molar-refractivity contribution in [2.75, 3.05) is 13.7 Å². The molecule has 5 nitrogen and oxygen atoms in total. The first-order valence-corrected chi connectivity index (χ1v) is 6.63. The van der Waals surface area contributed by atoms with Crippen molar-refractivity contribution in [2.45, 2.75) is 12.2 Å². The highest BCUT2D eigenvalue weighted by atomic mass is 16.6. The molecule has 5 heteroatoms. The number of phenols is 1. The number of ether oxygens (including phenoxy) is 3. The number of benzene rings is 2. The number of phenolic OH excluding ortho intramolecular Hbond substituents is 1. The van der Waals surface area contributed by atoms with Crippen LogP contribution < -0.4 is 14.2 Å². The minimum atomic E-state index is -0.519. The molecule has 21 heavy (non-hydrogen) atoms. The lowest BCUT2D eigenvalue weighted by Gasteiger charge is -2.33. The van der Waals surface area contributed by atoms with Crippen LogP contribution in [0.3, 0.4) is 0 Å². The van der Waals surface area contributed by atoms with Gasteiger partial charge in [0.1, 0.15) is 0 Å². The van der Waals surface area contributed by atoms with E-state index in [-0.39, 0.29) is 12.4 Å². The third-order valence-electron chi connectivity index (χ3n) is 3.43. The maximum absolute atomic E-state index is 9.67. The molecule has 1 aliphatic rings. The molecule has 2 N–H and O–H groups in total. The van der Waals surface area contributed by atoms with E-state index in [9.17, 15) is 10.2 Å².